The van der Waals surface area contributed by atoms with Crippen LogP contribution in [0.5, 0.6) is 0 Å². The zero-order valence-electron chi connectivity index (χ0n) is 15.3. The van der Waals surface area contributed by atoms with Gasteiger partial charge in [-0.05, 0) is 40.0 Å². The van der Waals surface area contributed by atoms with Crippen molar-refractivity contribution in [1.82, 2.24) is 16.0 Å². The number of nitrogens with zero attached hydrogens (tertiary/aromatic N) is 1. The van der Waals surface area contributed by atoms with E-state index in [0.717, 1.165) is 24.8 Å². The molecule has 3 N–H and O–H groups in total. The van der Waals surface area contributed by atoms with Gasteiger partial charge in [-0.25, -0.2) is 0 Å². The Balaban J connectivity index is 4.16. The van der Waals surface area contributed by atoms with Crippen LogP contribution in [0.3, 0.4) is 0 Å². The van der Waals surface area contributed by atoms with Crippen LogP contribution in [0.15, 0.2) is 4.99 Å². The van der Waals surface area contributed by atoms with Crippen LogP contribution >= 0.6 is 0 Å². The van der Waals surface area contributed by atoms with Gasteiger partial charge < -0.3 is 16.0 Å². The van der Waals surface area contributed by atoms with Crippen molar-refractivity contribution in [2.45, 2.75) is 79.3 Å². The smallest absolute Gasteiger partial charge is 0.222 e. The molecule has 0 saturated heterocycles. The van der Waals surface area contributed by atoms with E-state index < -0.39 is 0 Å². The molecule has 0 aromatic carbocycles. The van der Waals surface area contributed by atoms with Crippen LogP contribution in [0.1, 0.15) is 67.2 Å². The van der Waals surface area contributed by atoms with Crippen molar-refractivity contribution >= 4 is 11.9 Å². The first-order chi connectivity index (χ1) is 10.3. The summed E-state index contributed by atoms with van der Waals surface area (Å²) in [5, 5.41) is 9.53. The van der Waals surface area contributed by atoms with Crippen molar-refractivity contribution in [3.8, 4) is 0 Å². The molecule has 0 bridgehead atoms. The van der Waals surface area contributed by atoms with E-state index in [1.807, 2.05) is 20.8 Å². The normalized spacial score (nSPS) is 13.4. The molecule has 0 rings (SSSR count). The van der Waals surface area contributed by atoms with E-state index in [1.165, 1.54) is 12.8 Å². The Morgan fingerprint density at radius 3 is 2.27 bits per heavy atom. The first kappa shape index (κ1) is 20.7. The summed E-state index contributed by atoms with van der Waals surface area (Å²) in [6, 6.07) is 0.574. The van der Waals surface area contributed by atoms with Gasteiger partial charge in [0.25, 0.3) is 0 Å². The number of amides is 1. The van der Waals surface area contributed by atoms with Gasteiger partial charge in [0, 0.05) is 25.0 Å². The molecule has 5 heteroatoms. The molecule has 22 heavy (non-hydrogen) atoms. The van der Waals surface area contributed by atoms with Crippen molar-refractivity contribution in [3.05, 3.63) is 0 Å². The van der Waals surface area contributed by atoms with Crippen LogP contribution in [0.2, 0.25) is 0 Å². The van der Waals surface area contributed by atoms with E-state index in [0.29, 0.717) is 19.0 Å². The fourth-order valence-corrected chi connectivity index (χ4v) is 2.12. The average Bonchev–Trinajstić information content (AvgIpc) is 2.37. The quantitative estimate of drug-likeness (QED) is 0.429. The minimum Gasteiger partial charge on any atom is -0.357 e. The van der Waals surface area contributed by atoms with Crippen molar-refractivity contribution < 1.29 is 4.79 Å². The Hall–Kier alpha value is -1.26. The van der Waals surface area contributed by atoms with E-state index >= 15 is 0 Å². The predicted octanol–water partition coefficient (Wildman–Crippen LogP) is 2.67. The number of hydrogen-bond donors (Lipinski definition) is 3. The number of nitrogens with one attached hydrogen (secondary N) is 3. The summed E-state index contributed by atoms with van der Waals surface area (Å²) in [5.74, 6) is 1.62. The molecule has 0 saturated carbocycles. The van der Waals surface area contributed by atoms with Crippen LogP contribution in [0.25, 0.3) is 0 Å². The van der Waals surface area contributed by atoms with E-state index in [1.54, 1.807) is 0 Å². The zero-order chi connectivity index (χ0) is 17.0. The van der Waals surface area contributed by atoms with Crippen LogP contribution < -0.4 is 16.0 Å². The lowest BCUT2D eigenvalue weighted by molar-refractivity contribution is -0.121. The van der Waals surface area contributed by atoms with E-state index in [2.05, 4.69) is 41.7 Å². The number of rotatable bonds is 10. The lowest BCUT2D eigenvalue weighted by Crippen LogP contribution is -2.42. The summed E-state index contributed by atoms with van der Waals surface area (Å²) in [6.07, 6.45) is 4.05. The first-order valence-corrected chi connectivity index (χ1v) is 8.69. The summed E-state index contributed by atoms with van der Waals surface area (Å²) in [7, 11) is 0. The lowest BCUT2D eigenvalue weighted by atomic mass is 10.0. The first-order valence-electron chi connectivity index (χ1n) is 8.69. The molecular formula is C17H36N4O. The molecule has 0 fully saturated rings. The van der Waals surface area contributed by atoms with Crippen molar-refractivity contribution in [2.75, 3.05) is 13.1 Å². The summed E-state index contributed by atoms with van der Waals surface area (Å²) in [4.78, 5) is 16.1. The Kier molecular flexibility index (Phi) is 11.6. The van der Waals surface area contributed by atoms with Gasteiger partial charge in [-0.2, -0.15) is 0 Å². The topological polar surface area (TPSA) is 65.5 Å². The maximum atomic E-state index is 11.6. The zero-order valence-corrected chi connectivity index (χ0v) is 15.3. The Morgan fingerprint density at radius 2 is 1.73 bits per heavy atom. The highest BCUT2D eigenvalue weighted by atomic mass is 16.1. The third-order valence-electron chi connectivity index (χ3n) is 3.20. The van der Waals surface area contributed by atoms with Crippen LogP contribution in [-0.2, 0) is 4.79 Å². The van der Waals surface area contributed by atoms with Crippen molar-refractivity contribution in [2.24, 2.45) is 10.9 Å². The number of aliphatic imine (C=N–C) groups is 1. The predicted molar refractivity (Wildman–Crippen MR) is 95.2 cm³/mol. The van der Waals surface area contributed by atoms with E-state index in [-0.39, 0.29) is 11.9 Å². The van der Waals surface area contributed by atoms with Crippen LogP contribution in [-0.4, -0.2) is 37.0 Å². The molecule has 1 unspecified atom stereocenters. The highest BCUT2D eigenvalue weighted by Gasteiger charge is 2.07. The molecule has 0 aliphatic heterocycles. The van der Waals surface area contributed by atoms with Crippen LogP contribution in [0.4, 0.5) is 0 Å². The molecular weight excluding hydrogens is 276 g/mol. The van der Waals surface area contributed by atoms with E-state index in [4.69, 9.17) is 0 Å². The van der Waals surface area contributed by atoms with Crippen molar-refractivity contribution in [3.63, 3.8) is 0 Å². The number of carbonyl (C=O) groups is 1. The fourth-order valence-electron chi connectivity index (χ4n) is 2.12. The van der Waals surface area contributed by atoms with Crippen LogP contribution in [0, 0.1) is 5.92 Å². The summed E-state index contributed by atoms with van der Waals surface area (Å²) < 4.78 is 0. The SMILES string of the molecule is CCNC(=NCCC(=O)NC(C)C)NC(C)CCCC(C)C. The molecule has 1 amide bonds. The van der Waals surface area contributed by atoms with Gasteiger partial charge >= 0.3 is 0 Å². The second kappa shape index (κ2) is 12.3. The van der Waals surface area contributed by atoms with Gasteiger partial charge in [0.2, 0.25) is 5.91 Å². The van der Waals surface area contributed by atoms with Gasteiger partial charge in [-0.1, -0.05) is 26.7 Å². The molecule has 0 aromatic heterocycles. The number of carbonyl (C=O) groups excluding carboxylic acids is 1. The highest BCUT2D eigenvalue weighted by Crippen LogP contribution is 2.08. The largest absolute Gasteiger partial charge is 0.357 e. The Bertz CT molecular complexity index is 327. The molecule has 5 nitrogen and oxygen atoms in total. The van der Waals surface area contributed by atoms with Gasteiger partial charge in [0.1, 0.15) is 0 Å². The van der Waals surface area contributed by atoms with Gasteiger partial charge in [0.05, 0.1) is 6.54 Å². The third kappa shape index (κ3) is 12.5. The lowest BCUT2D eigenvalue weighted by Gasteiger charge is -2.18. The minimum absolute atomic E-state index is 0.0552. The molecule has 0 aromatic rings. The molecule has 130 valence electrons. The maximum absolute atomic E-state index is 11.6. The third-order valence-corrected chi connectivity index (χ3v) is 3.20. The highest BCUT2D eigenvalue weighted by molar-refractivity contribution is 5.81. The summed E-state index contributed by atoms with van der Waals surface area (Å²) in [6.45, 7) is 14.0. The average molecular weight is 313 g/mol. The summed E-state index contributed by atoms with van der Waals surface area (Å²) in [5.41, 5.74) is 0. The fraction of sp³-hybridized carbons (Fsp3) is 0.882. The van der Waals surface area contributed by atoms with Crippen molar-refractivity contribution in [1.29, 1.82) is 0 Å². The second-order valence-corrected chi connectivity index (χ2v) is 6.60. The number of guanidine groups is 1. The Morgan fingerprint density at radius 1 is 1.05 bits per heavy atom. The molecule has 0 aliphatic rings. The minimum atomic E-state index is 0.0552. The summed E-state index contributed by atoms with van der Waals surface area (Å²) >= 11 is 0. The molecule has 0 radical (unpaired) electrons. The second-order valence-electron chi connectivity index (χ2n) is 6.60. The monoisotopic (exact) mass is 312 g/mol. The van der Waals surface area contributed by atoms with Gasteiger partial charge in [-0.3, -0.25) is 9.79 Å². The number of hydrogen-bond acceptors (Lipinski definition) is 2. The Labute approximate surface area is 136 Å². The van der Waals surface area contributed by atoms with E-state index in [9.17, 15) is 4.79 Å². The molecule has 0 spiro atoms. The van der Waals surface area contributed by atoms with Gasteiger partial charge in [0.15, 0.2) is 5.96 Å². The van der Waals surface area contributed by atoms with Gasteiger partial charge in [-0.15, -0.1) is 0 Å². The standard InChI is InChI=1S/C17H36N4O/c1-7-18-17(19-12-11-16(22)20-14(4)5)21-15(6)10-8-9-13(2)3/h13-15H,7-12H2,1-6H3,(H,20,22)(H2,18,19,21). The maximum Gasteiger partial charge on any atom is 0.222 e. The molecule has 0 aliphatic carbocycles. The molecule has 0 heterocycles. The molecule has 1 atom stereocenters.